The molecule has 0 aromatic heterocycles. The van der Waals surface area contributed by atoms with Gasteiger partial charge in [-0.05, 0) is 26.2 Å². The molecular weight excluding hydrogens is 224 g/mol. The van der Waals surface area contributed by atoms with Crippen LogP contribution in [0.5, 0.6) is 0 Å². The summed E-state index contributed by atoms with van der Waals surface area (Å²) < 4.78 is 5.31. The van der Waals surface area contributed by atoms with Gasteiger partial charge in [-0.15, -0.1) is 0 Å². The summed E-state index contributed by atoms with van der Waals surface area (Å²) in [7, 11) is 1.56. The predicted molar refractivity (Wildman–Crippen MR) is 67.2 cm³/mol. The van der Waals surface area contributed by atoms with Crippen LogP contribution in [0.2, 0.25) is 0 Å². The van der Waals surface area contributed by atoms with Gasteiger partial charge in [-0.1, -0.05) is 19.1 Å². The van der Waals surface area contributed by atoms with E-state index in [1.807, 2.05) is 13.8 Å². The summed E-state index contributed by atoms with van der Waals surface area (Å²) >= 11 is 4.99. The van der Waals surface area contributed by atoms with Crippen LogP contribution in [0.3, 0.4) is 0 Å². The maximum atomic E-state index is 12.3. The van der Waals surface area contributed by atoms with Crippen LogP contribution in [0.4, 0.5) is 0 Å². The molecule has 0 saturated carbocycles. The maximum Gasteiger partial charge on any atom is 0.255 e. The van der Waals surface area contributed by atoms with Crippen LogP contribution in [0.25, 0.3) is 0 Å². The Bertz CT molecular complexity index is 290. The smallest absolute Gasteiger partial charge is 0.255 e. The molecule has 1 amide bonds. The second kappa shape index (κ2) is 5.10. The minimum Gasteiger partial charge on any atom is -0.392 e. The molecule has 2 unspecified atom stereocenters. The highest BCUT2D eigenvalue weighted by molar-refractivity contribution is 7.80. The van der Waals surface area contributed by atoms with Gasteiger partial charge in [-0.2, -0.15) is 0 Å². The van der Waals surface area contributed by atoms with E-state index >= 15 is 0 Å². The molecule has 1 fully saturated rings. The highest BCUT2D eigenvalue weighted by Crippen LogP contribution is 2.25. The van der Waals surface area contributed by atoms with E-state index in [0.717, 1.165) is 19.4 Å². The summed E-state index contributed by atoms with van der Waals surface area (Å²) in [6, 6.07) is -0.0940. The molecule has 1 rings (SSSR count). The highest BCUT2D eigenvalue weighted by atomic mass is 32.1. The lowest BCUT2D eigenvalue weighted by atomic mass is 10.0. The van der Waals surface area contributed by atoms with Crippen LogP contribution in [0.1, 0.15) is 33.1 Å². The number of hydrogen-bond acceptors (Lipinski definition) is 3. The third kappa shape index (κ3) is 2.35. The van der Waals surface area contributed by atoms with Crippen molar-refractivity contribution >= 4 is 23.1 Å². The van der Waals surface area contributed by atoms with Crippen molar-refractivity contribution in [2.75, 3.05) is 13.7 Å². The zero-order valence-corrected chi connectivity index (χ0v) is 11.0. The molecule has 0 radical (unpaired) electrons. The van der Waals surface area contributed by atoms with Crippen LogP contribution in [-0.4, -0.2) is 41.1 Å². The zero-order valence-electron chi connectivity index (χ0n) is 10.2. The standard InChI is InChI=1S/C11H20N2O2S/c1-4-11(2,15-3)10(14)13-7-5-6-8(13)9(12)16/h8H,4-7H2,1-3H3,(H2,12,16). The van der Waals surface area contributed by atoms with Gasteiger partial charge in [0.1, 0.15) is 5.60 Å². The molecule has 16 heavy (non-hydrogen) atoms. The van der Waals surface area contributed by atoms with Crippen molar-refractivity contribution in [3.8, 4) is 0 Å². The molecule has 92 valence electrons. The molecule has 0 spiro atoms. The summed E-state index contributed by atoms with van der Waals surface area (Å²) in [5.74, 6) is -0.00667. The Labute approximate surface area is 102 Å². The van der Waals surface area contributed by atoms with Crippen molar-refractivity contribution in [3.05, 3.63) is 0 Å². The fraction of sp³-hybridized carbons (Fsp3) is 0.818. The van der Waals surface area contributed by atoms with Crippen molar-refractivity contribution in [2.24, 2.45) is 5.73 Å². The molecule has 1 aliphatic rings. The fourth-order valence-corrected chi connectivity index (χ4v) is 2.24. The van der Waals surface area contributed by atoms with Gasteiger partial charge in [0.05, 0.1) is 11.0 Å². The summed E-state index contributed by atoms with van der Waals surface area (Å²) in [5.41, 5.74) is 4.89. The lowest BCUT2D eigenvalue weighted by Crippen LogP contribution is -2.52. The van der Waals surface area contributed by atoms with Crippen molar-refractivity contribution in [2.45, 2.75) is 44.8 Å². The number of carbonyl (C=O) groups is 1. The topological polar surface area (TPSA) is 55.6 Å². The summed E-state index contributed by atoms with van der Waals surface area (Å²) in [4.78, 5) is 14.5. The Hall–Kier alpha value is -0.680. The molecule has 0 aromatic carbocycles. The highest BCUT2D eigenvalue weighted by Gasteiger charge is 2.40. The number of hydrogen-bond donors (Lipinski definition) is 1. The van der Waals surface area contributed by atoms with Gasteiger partial charge in [-0.25, -0.2) is 0 Å². The van der Waals surface area contributed by atoms with Crippen LogP contribution in [-0.2, 0) is 9.53 Å². The van der Waals surface area contributed by atoms with E-state index in [2.05, 4.69) is 0 Å². The lowest BCUT2D eigenvalue weighted by Gasteiger charge is -2.33. The van der Waals surface area contributed by atoms with Crippen LogP contribution >= 0.6 is 12.2 Å². The molecule has 2 atom stereocenters. The first kappa shape index (κ1) is 13.4. The Morgan fingerprint density at radius 2 is 2.31 bits per heavy atom. The van der Waals surface area contributed by atoms with Gasteiger partial charge < -0.3 is 15.4 Å². The number of likely N-dealkylation sites (tertiary alicyclic amines) is 1. The second-order valence-electron chi connectivity index (χ2n) is 4.35. The Morgan fingerprint density at radius 1 is 1.69 bits per heavy atom. The van der Waals surface area contributed by atoms with Gasteiger partial charge in [-0.3, -0.25) is 4.79 Å². The van der Waals surface area contributed by atoms with Crippen molar-refractivity contribution in [1.29, 1.82) is 0 Å². The van der Waals surface area contributed by atoms with E-state index in [1.165, 1.54) is 0 Å². The number of nitrogens with two attached hydrogens (primary N) is 1. The van der Waals surface area contributed by atoms with Crippen LogP contribution < -0.4 is 5.73 Å². The maximum absolute atomic E-state index is 12.3. The molecular formula is C11H20N2O2S. The first-order valence-corrected chi connectivity index (χ1v) is 6.02. The van der Waals surface area contributed by atoms with E-state index in [1.54, 1.807) is 12.0 Å². The third-order valence-corrected chi connectivity index (χ3v) is 3.69. The monoisotopic (exact) mass is 244 g/mol. The number of thiocarbonyl (C=S) groups is 1. The summed E-state index contributed by atoms with van der Waals surface area (Å²) in [5, 5.41) is 0. The minimum absolute atomic E-state index is 0.00667. The average Bonchev–Trinajstić information content (AvgIpc) is 2.75. The molecule has 5 heteroatoms. The van der Waals surface area contributed by atoms with E-state index < -0.39 is 5.60 Å². The quantitative estimate of drug-likeness (QED) is 0.752. The predicted octanol–water partition coefficient (Wildman–Crippen LogP) is 1.08. The molecule has 0 bridgehead atoms. The molecule has 2 N–H and O–H groups in total. The number of rotatable bonds is 4. The molecule has 1 aliphatic heterocycles. The minimum atomic E-state index is -0.757. The fourth-order valence-electron chi connectivity index (χ4n) is 1.99. The molecule has 4 nitrogen and oxygen atoms in total. The van der Waals surface area contributed by atoms with E-state index in [-0.39, 0.29) is 11.9 Å². The first-order valence-electron chi connectivity index (χ1n) is 5.61. The van der Waals surface area contributed by atoms with Gasteiger partial charge >= 0.3 is 0 Å². The number of amides is 1. The first-order chi connectivity index (χ1) is 7.46. The zero-order chi connectivity index (χ0) is 12.3. The largest absolute Gasteiger partial charge is 0.392 e. The normalized spacial score (nSPS) is 24.2. The Balaban J connectivity index is 2.84. The van der Waals surface area contributed by atoms with Gasteiger partial charge in [0.15, 0.2) is 0 Å². The van der Waals surface area contributed by atoms with E-state index in [0.29, 0.717) is 11.4 Å². The summed E-state index contributed by atoms with van der Waals surface area (Å²) in [6.07, 6.45) is 2.46. The molecule has 0 aromatic rings. The Morgan fingerprint density at radius 3 is 2.75 bits per heavy atom. The number of carbonyl (C=O) groups excluding carboxylic acids is 1. The average molecular weight is 244 g/mol. The number of nitrogens with zero attached hydrogens (tertiary/aromatic N) is 1. The number of methoxy groups -OCH3 is 1. The van der Waals surface area contributed by atoms with E-state index in [9.17, 15) is 4.79 Å². The van der Waals surface area contributed by atoms with Gasteiger partial charge in [0, 0.05) is 13.7 Å². The number of ether oxygens (including phenoxy) is 1. The van der Waals surface area contributed by atoms with Gasteiger partial charge in [0.25, 0.3) is 5.91 Å². The van der Waals surface area contributed by atoms with Crippen molar-refractivity contribution in [1.82, 2.24) is 4.90 Å². The Kier molecular flexibility index (Phi) is 4.27. The van der Waals surface area contributed by atoms with Crippen LogP contribution in [0.15, 0.2) is 0 Å². The van der Waals surface area contributed by atoms with Gasteiger partial charge in [0.2, 0.25) is 0 Å². The molecule has 0 aliphatic carbocycles. The molecule has 1 heterocycles. The second-order valence-corrected chi connectivity index (χ2v) is 4.82. The molecule has 1 saturated heterocycles. The van der Waals surface area contributed by atoms with Crippen molar-refractivity contribution < 1.29 is 9.53 Å². The third-order valence-electron chi connectivity index (χ3n) is 3.42. The van der Waals surface area contributed by atoms with Crippen LogP contribution in [0, 0.1) is 0 Å². The van der Waals surface area contributed by atoms with Crippen molar-refractivity contribution in [3.63, 3.8) is 0 Å². The SMILES string of the molecule is CCC(C)(OC)C(=O)N1CCCC1C(N)=S. The lowest BCUT2D eigenvalue weighted by molar-refractivity contribution is -0.153. The summed E-state index contributed by atoms with van der Waals surface area (Å²) in [6.45, 7) is 4.47. The van der Waals surface area contributed by atoms with E-state index in [4.69, 9.17) is 22.7 Å².